The third-order valence-corrected chi connectivity index (χ3v) is 25.6. The van der Waals surface area contributed by atoms with Crippen LogP contribution in [0.4, 0.5) is 79.0 Å². The number of hydrogen-bond donors (Lipinski definition) is 1. The first-order valence-corrected chi connectivity index (χ1v) is 37.0. The van der Waals surface area contributed by atoms with Crippen molar-refractivity contribution in [2.45, 2.75) is 201 Å². The van der Waals surface area contributed by atoms with Gasteiger partial charge in [0.2, 0.25) is 0 Å². The first kappa shape index (κ1) is 92.2. The van der Waals surface area contributed by atoms with Crippen LogP contribution in [0.1, 0.15) is 90.9 Å². The van der Waals surface area contributed by atoms with Crippen LogP contribution in [0.2, 0.25) is 0 Å². The Kier molecular flexibility index (Phi) is 27.6. The molecule has 8 aliphatic carbocycles. The highest BCUT2D eigenvalue weighted by atomic mass is 32.2. The third kappa shape index (κ3) is 17.8. The fourth-order valence-corrected chi connectivity index (χ4v) is 18.3. The van der Waals surface area contributed by atoms with Gasteiger partial charge in [0.05, 0.1) is 84.4 Å². The zero-order valence-corrected chi connectivity index (χ0v) is 60.6. The van der Waals surface area contributed by atoms with Crippen LogP contribution in [-0.2, 0) is 143 Å². The largest absolute Gasteiger partial charge is 0.691 e. The molecule has 13 fully saturated rings. The van der Waals surface area contributed by atoms with Crippen molar-refractivity contribution >= 4 is 118 Å². The van der Waals surface area contributed by atoms with Crippen LogP contribution in [0, 0.1) is 71.0 Å². The molecule has 0 aromatic rings. The third-order valence-electron chi connectivity index (χ3n) is 21.3. The van der Waals surface area contributed by atoms with Crippen molar-refractivity contribution < 1.29 is 246 Å². The summed E-state index contributed by atoms with van der Waals surface area (Å²) in [5, 5.41) is 40.0. The molecule has 0 aromatic carbocycles. The molecule has 24 atom stereocenters. The van der Waals surface area contributed by atoms with E-state index < -0.39 is 217 Å². The maximum atomic E-state index is 13.9. The van der Waals surface area contributed by atoms with Gasteiger partial charge in [-0.25, -0.2) is 37.1 Å². The highest BCUT2D eigenvalue weighted by Gasteiger charge is 2.85. The molecule has 58 heteroatoms. The molecule has 35 nitrogen and oxygen atoms in total. The van der Waals surface area contributed by atoms with E-state index >= 15 is 0 Å². The zero-order valence-electron chi connectivity index (χ0n) is 56.5. The lowest BCUT2D eigenvalue weighted by atomic mass is 9.83. The summed E-state index contributed by atoms with van der Waals surface area (Å²) < 4.78 is 318. The van der Waals surface area contributed by atoms with Crippen molar-refractivity contribution in [3.8, 4) is 0 Å². The minimum atomic E-state index is -7.03. The summed E-state index contributed by atoms with van der Waals surface area (Å²) in [4.78, 5) is 116. The Morgan fingerprint density at radius 1 is 0.421 bits per heavy atom. The Morgan fingerprint density at radius 2 is 0.781 bits per heavy atom. The van der Waals surface area contributed by atoms with E-state index in [1.807, 2.05) is 0 Å². The SMILES string of the molecule is CC(F)(SOO[O-])C(=O)OC1C2CC3C(=O)OC1C3C2.CC(F)(SOO[O-])C(=O)OC1C2CC3C(=O)OC1C3C2.O=C1OC2C(COC(=O)C(C(F)(F)F)(C(F)(F)F)S(=O)(=O)O)C3CC1C2C3.O=C1OC2CC1CCC2OC(=O)C(F)(SOO[O-])C(F)(F)F.O=C1OC2CC1CCC2OC(=O)C(SOO[O-])(C(F)(F)F)C(F)(F)F. The Balaban J connectivity index is 0.000000164. The maximum Gasteiger partial charge on any atom is 0.446 e. The number of carbonyl (C=O) groups is 10. The number of hydrogen-bond acceptors (Lipinski definition) is 38. The Bertz CT molecular complexity index is 3620. The standard InChI is InChI=1S/C13H12F6O7S.C11H10F6O7S.2C11H13FO7S.C10H10F4O7S/c14-12(15,16)11(13(17,18)19,27(22,23)24)10(21)25-3-7-4-1-5-6(2-4)9(20)26-8(5)7;12-10(13,14)9(11(15,16)17,25-24-23-20)8(19)22-5-2-1-4-3-6(5)21-7(4)18;2*1-11(12,20-19-18-15)10(14)17-7-4-2-5-6(3-4)9(13)16-8(5)7;11-9(10(12,13)14,22-21-20-17)8(16)19-5-2-1-4-3-6(5)18-7(4)15/h4-8H,1-3H2,(H,22,23,24);4-6,20H,1-3H2;2*4-8,15H,2-3H2,1H3;4-6,17H,1-3H2/p-4. The predicted molar refractivity (Wildman–Crippen MR) is 306 cm³/mol. The monoisotopic (exact) mass is 1790 g/mol. The second-order valence-corrected chi connectivity index (χ2v) is 33.2. The molecule has 0 amide bonds. The molecule has 13 rings (SSSR count). The van der Waals surface area contributed by atoms with Gasteiger partial charge in [0, 0.05) is 48.3 Å². The van der Waals surface area contributed by atoms with Crippen LogP contribution in [0.15, 0.2) is 0 Å². The first-order valence-electron chi connectivity index (χ1n) is 32.6. The first-order chi connectivity index (χ1) is 52.6. The summed E-state index contributed by atoms with van der Waals surface area (Å²) in [5.74, 6) is -15.7. The Morgan fingerprint density at radius 3 is 1.16 bits per heavy atom. The highest BCUT2D eigenvalue weighted by Crippen LogP contribution is 2.61. The van der Waals surface area contributed by atoms with Crippen molar-refractivity contribution in [3.63, 3.8) is 0 Å². The molecule has 1 N–H and O–H groups in total. The normalized spacial score (nSPS) is 34.0. The lowest BCUT2D eigenvalue weighted by molar-refractivity contribution is -0.777. The number of ether oxygens (including phenoxy) is 10. The molecule has 5 saturated heterocycles. The fourth-order valence-electron chi connectivity index (χ4n) is 16.1. The minimum absolute atomic E-state index is 0.0166. The second-order valence-electron chi connectivity index (χ2n) is 27.7. The van der Waals surface area contributed by atoms with E-state index in [-0.39, 0.29) is 128 Å². The minimum Gasteiger partial charge on any atom is -0.691 e. The molecule has 5 heterocycles. The van der Waals surface area contributed by atoms with Gasteiger partial charge in [-0.15, -0.1) is 0 Å². The molecule has 24 unspecified atom stereocenters. The summed E-state index contributed by atoms with van der Waals surface area (Å²) in [6.45, 7) is 0.791. The van der Waals surface area contributed by atoms with Gasteiger partial charge in [-0.05, 0) is 84.0 Å². The molecule has 10 bridgehead atoms. The fraction of sp³-hybridized carbons (Fsp3) is 0.821. The van der Waals surface area contributed by atoms with Crippen LogP contribution in [-0.4, -0.2) is 190 Å². The highest BCUT2D eigenvalue weighted by molar-refractivity contribution is 7.97. The van der Waals surface area contributed by atoms with E-state index in [1.165, 1.54) is 0 Å². The Hall–Kier alpha value is -5.73. The van der Waals surface area contributed by atoms with Crippen LogP contribution < -0.4 is 21.0 Å². The van der Waals surface area contributed by atoms with Gasteiger partial charge in [-0.3, -0.25) is 48.7 Å². The topological polar surface area (TPSA) is 483 Å². The quantitative estimate of drug-likeness (QED) is 0.0274. The van der Waals surface area contributed by atoms with E-state index in [0.29, 0.717) is 25.7 Å². The molecule has 648 valence electrons. The van der Waals surface area contributed by atoms with Crippen molar-refractivity contribution in [3.05, 3.63) is 0 Å². The number of carbonyl (C=O) groups excluding carboxylic acids is 10. The van der Waals surface area contributed by atoms with Gasteiger partial charge in [0.1, 0.15) is 54.9 Å². The molecule has 13 aliphatic rings. The van der Waals surface area contributed by atoms with Gasteiger partial charge in [0.25, 0.3) is 10.0 Å². The van der Waals surface area contributed by atoms with Gasteiger partial charge in [0.15, 0.2) is 0 Å². The van der Waals surface area contributed by atoms with E-state index in [4.69, 9.17) is 37.7 Å². The number of fused-ring (bicyclic) bond motifs is 7. The number of esters is 10. The predicted octanol–water partition coefficient (Wildman–Crippen LogP) is 3.63. The summed E-state index contributed by atoms with van der Waals surface area (Å²) in [6.07, 6.45) is -35.5. The van der Waals surface area contributed by atoms with Crippen molar-refractivity contribution in [1.29, 1.82) is 0 Å². The molecule has 0 radical (unpaired) electrons. The summed E-state index contributed by atoms with van der Waals surface area (Å²) in [5.41, 5.74) is 0. The molecular formula is C56H54F18O35S5-4. The van der Waals surface area contributed by atoms with Crippen LogP contribution in [0.5, 0.6) is 0 Å². The number of rotatable bonds is 24. The van der Waals surface area contributed by atoms with Gasteiger partial charge >= 0.3 is 115 Å². The summed E-state index contributed by atoms with van der Waals surface area (Å²) in [6, 6.07) is 0. The van der Waals surface area contributed by atoms with E-state index in [2.05, 4.69) is 51.7 Å². The van der Waals surface area contributed by atoms with E-state index in [9.17, 15) is 156 Å². The van der Waals surface area contributed by atoms with Gasteiger partial charge < -0.3 is 68.4 Å². The molecule has 0 spiro atoms. The van der Waals surface area contributed by atoms with Crippen LogP contribution in [0.25, 0.3) is 0 Å². The Labute approximate surface area is 640 Å². The molecule has 114 heavy (non-hydrogen) atoms. The summed E-state index contributed by atoms with van der Waals surface area (Å²) in [7, 11) is -7.03. The van der Waals surface area contributed by atoms with Crippen LogP contribution >= 0.6 is 48.2 Å². The van der Waals surface area contributed by atoms with Gasteiger partial charge in [-0.1, -0.05) is 0 Å². The zero-order chi connectivity index (χ0) is 85.1. The average molecular weight is 1790 g/mol. The number of halogens is 18. The molecular weight excluding hydrogens is 1730 g/mol. The molecule has 5 aliphatic heterocycles. The van der Waals surface area contributed by atoms with Crippen LogP contribution in [0.3, 0.4) is 0 Å². The lowest BCUT2D eigenvalue weighted by Gasteiger charge is -2.35. The van der Waals surface area contributed by atoms with Crippen molar-refractivity contribution in [1.82, 2.24) is 0 Å². The number of alkyl halides is 18. The van der Waals surface area contributed by atoms with E-state index in [1.54, 1.807) is 0 Å². The second kappa shape index (κ2) is 34.2. The maximum absolute atomic E-state index is 13.9. The lowest BCUT2D eigenvalue weighted by Crippen LogP contribution is -2.67. The van der Waals surface area contributed by atoms with E-state index in [0.717, 1.165) is 26.7 Å². The average Bonchev–Trinajstić information content (AvgIpc) is 1.24. The summed E-state index contributed by atoms with van der Waals surface area (Å²) >= 11 is -2.88. The van der Waals surface area contributed by atoms with Gasteiger partial charge in [-0.2, -0.15) is 91.6 Å². The van der Waals surface area contributed by atoms with Crippen molar-refractivity contribution in [2.75, 3.05) is 6.61 Å². The smallest absolute Gasteiger partial charge is 0.446 e. The molecule has 0 aromatic heterocycles. The molecule has 8 saturated carbocycles. The van der Waals surface area contributed by atoms with Crippen molar-refractivity contribution in [2.24, 2.45) is 71.0 Å².